The van der Waals surface area contributed by atoms with Crippen molar-refractivity contribution in [1.82, 2.24) is 19.3 Å². The molecule has 0 atom stereocenters. The molecule has 0 spiro atoms. The van der Waals surface area contributed by atoms with E-state index in [1.165, 1.54) is 32.1 Å². The van der Waals surface area contributed by atoms with E-state index in [0.717, 1.165) is 5.69 Å². The summed E-state index contributed by atoms with van der Waals surface area (Å²) in [6.45, 7) is 0. The summed E-state index contributed by atoms with van der Waals surface area (Å²) in [7, 11) is 1.83. The summed E-state index contributed by atoms with van der Waals surface area (Å²) in [6.07, 6.45) is 12.1. The van der Waals surface area contributed by atoms with Crippen LogP contribution in [0.3, 0.4) is 0 Å². The first-order valence-electron chi connectivity index (χ1n) is 7.28. The minimum absolute atomic E-state index is 0.0198. The number of hydrogen-bond donors (Lipinski definition) is 0. The van der Waals surface area contributed by atoms with Crippen molar-refractivity contribution in [1.29, 1.82) is 0 Å². The van der Waals surface area contributed by atoms with E-state index in [2.05, 4.69) is 10.1 Å². The van der Waals surface area contributed by atoms with Crippen molar-refractivity contribution in [3.63, 3.8) is 0 Å². The Labute approximate surface area is 118 Å². The monoisotopic (exact) mass is 272 g/mol. The standard InChI is InChI=1S/C15H20N4O/c1-18-10-8-16-15(18)14(20)11-12-7-9-19(17-12)13-5-3-2-4-6-13/h7-10,13H,2-6,11H2,1H3. The Morgan fingerprint density at radius 3 is 2.80 bits per heavy atom. The molecule has 0 aromatic carbocycles. The third-order valence-electron chi connectivity index (χ3n) is 4.02. The van der Waals surface area contributed by atoms with Crippen LogP contribution < -0.4 is 0 Å². The molecule has 106 valence electrons. The molecule has 0 radical (unpaired) electrons. The zero-order valence-electron chi connectivity index (χ0n) is 11.8. The van der Waals surface area contributed by atoms with Crippen LogP contribution in [0.1, 0.15) is 54.5 Å². The predicted octanol–water partition coefficient (Wildman–Crippen LogP) is 2.55. The molecule has 0 aliphatic heterocycles. The van der Waals surface area contributed by atoms with Gasteiger partial charge in [0, 0.05) is 25.6 Å². The zero-order chi connectivity index (χ0) is 13.9. The van der Waals surface area contributed by atoms with E-state index in [1.54, 1.807) is 17.0 Å². The second-order valence-electron chi connectivity index (χ2n) is 5.54. The highest BCUT2D eigenvalue weighted by atomic mass is 16.1. The van der Waals surface area contributed by atoms with Gasteiger partial charge in [0.15, 0.2) is 5.82 Å². The lowest BCUT2D eigenvalue weighted by molar-refractivity contribution is 0.0978. The number of carbonyl (C=O) groups excluding carboxylic acids is 1. The van der Waals surface area contributed by atoms with E-state index >= 15 is 0 Å². The normalized spacial score (nSPS) is 16.4. The molecule has 5 heteroatoms. The molecule has 3 rings (SSSR count). The van der Waals surface area contributed by atoms with Gasteiger partial charge in [-0.1, -0.05) is 19.3 Å². The van der Waals surface area contributed by atoms with Crippen molar-refractivity contribution in [2.45, 2.75) is 44.6 Å². The van der Waals surface area contributed by atoms with Crippen molar-refractivity contribution in [3.05, 3.63) is 36.2 Å². The van der Waals surface area contributed by atoms with Gasteiger partial charge in [0.2, 0.25) is 5.78 Å². The second-order valence-corrected chi connectivity index (χ2v) is 5.54. The zero-order valence-corrected chi connectivity index (χ0v) is 11.8. The minimum atomic E-state index is 0.0198. The van der Waals surface area contributed by atoms with Crippen LogP contribution in [0, 0.1) is 0 Å². The fourth-order valence-corrected chi connectivity index (χ4v) is 2.90. The third-order valence-corrected chi connectivity index (χ3v) is 4.02. The Hall–Kier alpha value is -1.91. The smallest absolute Gasteiger partial charge is 0.204 e. The van der Waals surface area contributed by atoms with E-state index < -0.39 is 0 Å². The summed E-state index contributed by atoms with van der Waals surface area (Å²) in [5, 5.41) is 4.57. The number of carbonyl (C=O) groups is 1. The number of rotatable bonds is 4. The van der Waals surface area contributed by atoms with E-state index in [4.69, 9.17) is 0 Å². The van der Waals surface area contributed by atoms with Crippen molar-refractivity contribution in [2.75, 3.05) is 0 Å². The number of ketones is 1. The predicted molar refractivity (Wildman–Crippen MR) is 75.6 cm³/mol. The SMILES string of the molecule is Cn1ccnc1C(=O)Cc1ccn(C2CCCCC2)n1. The first-order valence-corrected chi connectivity index (χ1v) is 7.28. The van der Waals surface area contributed by atoms with Crippen LogP contribution in [0.2, 0.25) is 0 Å². The number of nitrogens with zero attached hydrogens (tertiary/aromatic N) is 4. The summed E-state index contributed by atoms with van der Waals surface area (Å²) in [5.74, 6) is 0.517. The Morgan fingerprint density at radius 2 is 2.10 bits per heavy atom. The molecule has 1 saturated carbocycles. The quantitative estimate of drug-likeness (QED) is 0.804. The molecule has 0 N–H and O–H groups in total. The number of imidazole rings is 1. The number of aromatic nitrogens is 4. The lowest BCUT2D eigenvalue weighted by atomic mass is 9.96. The Kier molecular flexibility index (Phi) is 3.67. The van der Waals surface area contributed by atoms with Crippen LogP contribution in [-0.4, -0.2) is 25.1 Å². The molecule has 1 aliphatic carbocycles. The molecular formula is C15H20N4O. The fraction of sp³-hybridized carbons (Fsp3) is 0.533. The molecule has 1 fully saturated rings. The van der Waals surface area contributed by atoms with Crippen LogP contribution in [-0.2, 0) is 13.5 Å². The summed E-state index contributed by atoms with van der Waals surface area (Å²) >= 11 is 0. The van der Waals surface area contributed by atoms with Crippen molar-refractivity contribution in [3.8, 4) is 0 Å². The highest BCUT2D eigenvalue weighted by Crippen LogP contribution is 2.27. The van der Waals surface area contributed by atoms with Crippen molar-refractivity contribution in [2.24, 2.45) is 7.05 Å². The molecule has 1 aliphatic rings. The lowest BCUT2D eigenvalue weighted by Crippen LogP contribution is -2.14. The highest BCUT2D eigenvalue weighted by molar-refractivity contribution is 5.94. The topological polar surface area (TPSA) is 52.7 Å². The van der Waals surface area contributed by atoms with Crippen LogP contribution in [0.25, 0.3) is 0 Å². The van der Waals surface area contributed by atoms with Gasteiger partial charge in [0.05, 0.1) is 18.2 Å². The van der Waals surface area contributed by atoms with Gasteiger partial charge in [-0.25, -0.2) is 4.98 Å². The van der Waals surface area contributed by atoms with E-state index in [1.807, 2.05) is 24.0 Å². The molecule has 0 amide bonds. The van der Waals surface area contributed by atoms with Gasteiger partial charge in [-0.3, -0.25) is 9.48 Å². The molecule has 2 aromatic heterocycles. The van der Waals surface area contributed by atoms with Gasteiger partial charge < -0.3 is 4.57 Å². The highest BCUT2D eigenvalue weighted by Gasteiger charge is 2.18. The maximum Gasteiger partial charge on any atom is 0.204 e. The van der Waals surface area contributed by atoms with Crippen LogP contribution in [0.5, 0.6) is 0 Å². The van der Waals surface area contributed by atoms with Crippen molar-refractivity contribution < 1.29 is 4.79 Å². The molecule has 2 aromatic rings. The molecule has 0 unspecified atom stereocenters. The molecule has 5 nitrogen and oxygen atoms in total. The average molecular weight is 272 g/mol. The summed E-state index contributed by atoms with van der Waals surface area (Å²) in [4.78, 5) is 16.2. The summed E-state index contributed by atoms with van der Waals surface area (Å²) in [5.41, 5.74) is 0.837. The van der Waals surface area contributed by atoms with Crippen LogP contribution in [0.4, 0.5) is 0 Å². The second kappa shape index (κ2) is 5.61. The first-order chi connectivity index (χ1) is 9.74. The Balaban J connectivity index is 1.68. The third kappa shape index (κ3) is 2.66. The number of aryl methyl sites for hydroxylation is 1. The van der Waals surface area contributed by atoms with Crippen molar-refractivity contribution >= 4 is 5.78 Å². The van der Waals surface area contributed by atoms with Gasteiger partial charge in [0.25, 0.3) is 0 Å². The largest absolute Gasteiger partial charge is 0.332 e. The molecule has 0 bridgehead atoms. The molecule has 2 heterocycles. The van der Waals surface area contributed by atoms with Gasteiger partial charge in [-0.15, -0.1) is 0 Å². The average Bonchev–Trinajstić information content (AvgIpc) is 3.09. The Morgan fingerprint density at radius 1 is 1.30 bits per heavy atom. The van der Waals surface area contributed by atoms with E-state index in [0.29, 0.717) is 18.3 Å². The Bertz CT molecular complexity index is 593. The summed E-state index contributed by atoms with van der Waals surface area (Å²) in [6, 6.07) is 2.47. The maximum atomic E-state index is 12.1. The van der Waals surface area contributed by atoms with Gasteiger partial charge in [-0.2, -0.15) is 5.10 Å². The van der Waals surface area contributed by atoms with E-state index in [9.17, 15) is 4.79 Å². The molecule has 0 saturated heterocycles. The van der Waals surface area contributed by atoms with E-state index in [-0.39, 0.29) is 5.78 Å². The van der Waals surface area contributed by atoms with Gasteiger partial charge in [-0.05, 0) is 18.9 Å². The molecule has 20 heavy (non-hydrogen) atoms. The maximum absolute atomic E-state index is 12.1. The first kappa shape index (κ1) is 13.1. The molecular weight excluding hydrogens is 252 g/mol. The summed E-state index contributed by atoms with van der Waals surface area (Å²) < 4.78 is 3.79. The van der Waals surface area contributed by atoms with Gasteiger partial charge in [0.1, 0.15) is 0 Å². The minimum Gasteiger partial charge on any atom is -0.332 e. The van der Waals surface area contributed by atoms with Crippen LogP contribution in [0.15, 0.2) is 24.7 Å². The fourth-order valence-electron chi connectivity index (χ4n) is 2.90. The number of Topliss-reactive ketones (excluding diaryl/α,β-unsaturated/α-hetero) is 1. The lowest BCUT2D eigenvalue weighted by Gasteiger charge is -2.21. The van der Waals surface area contributed by atoms with Crippen LogP contribution >= 0.6 is 0 Å². The van der Waals surface area contributed by atoms with Gasteiger partial charge >= 0.3 is 0 Å². The number of hydrogen-bond acceptors (Lipinski definition) is 3.